The van der Waals surface area contributed by atoms with Crippen LogP contribution in [0.25, 0.3) is 0 Å². The molecule has 0 radical (unpaired) electrons. The zero-order valence-electron chi connectivity index (χ0n) is 18.7. The van der Waals surface area contributed by atoms with Crippen LogP contribution in [0.5, 0.6) is 11.8 Å². The summed E-state index contributed by atoms with van der Waals surface area (Å²) in [5.74, 6) is 1.46. The van der Waals surface area contributed by atoms with Crippen LogP contribution in [-0.4, -0.2) is 26.0 Å². The molecule has 33 heavy (non-hydrogen) atoms. The number of nitrogens with zero attached hydrogens (tertiary/aromatic N) is 2. The number of benzene rings is 2. The Bertz CT molecular complexity index is 1200. The van der Waals surface area contributed by atoms with Crippen LogP contribution < -0.4 is 15.0 Å². The van der Waals surface area contributed by atoms with E-state index in [2.05, 4.69) is 17.1 Å². The third-order valence-corrected chi connectivity index (χ3v) is 7.81. The summed E-state index contributed by atoms with van der Waals surface area (Å²) in [6.45, 7) is 2.69. The lowest BCUT2D eigenvalue weighted by atomic mass is 9.84. The lowest BCUT2D eigenvalue weighted by molar-refractivity contribution is 0.0508. The lowest BCUT2D eigenvalue weighted by Gasteiger charge is -2.24. The minimum Gasteiger partial charge on any atom is -0.489 e. The van der Waals surface area contributed by atoms with E-state index in [9.17, 15) is 9.00 Å². The average Bonchev–Trinajstić information content (AvgIpc) is 3.18. The maximum Gasteiger partial charge on any atom is 0.300 e. The molecule has 0 amide bonds. The van der Waals surface area contributed by atoms with Gasteiger partial charge in [0.05, 0.1) is 17.3 Å². The Hall–Kier alpha value is -2.93. The molecule has 172 valence electrons. The predicted octanol–water partition coefficient (Wildman–Crippen LogP) is 4.69. The first-order chi connectivity index (χ1) is 16.0. The topological polar surface area (TPSA) is 70.4 Å². The second-order valence-electron chi connectivity index (χ2n) is 9.15. The molecule has 0 bridgehead atoms. The van der Waals surface area contributed by atoms with Crippen LogP contribution in [0.15, 0.2) is 75.4 Å². The molecule has 5 rings (SSSR count). The van der Waals surface area contributed by atoms with Crippen LogP contribution in [0.1, 0.15) is 50.5 Å². The summed E-state index contributed by atoms with van der Waals surface area (Å²) in [6.07, 6.45) is 8.12. The number of hydrogen-bond donors (Lipinski definition) is 0. The van der Waals surface area contributed by atoms with Crippen LogP contribution in [0, 0.1) is 0 Å². The molecule has 1 aromatic heterocycles. The molecule has 6 nitrogen and oxygen atoms in total. The van der Waals surface area contributed by atoms with Crippen molar-refractivity contribution in [2.75, 3.05) is 6.61 Å². The zero-order valence-corrected chi connectivity index (χ0v) is 19.6. The molecule has 3 aromatic rings. The minimum atomic E-state index is -1.60. The smallest absolute Gasteiger partial charge is 0.300 e. The molecule has 1 fully saturated rings. The van der Waals surface area contributed by atoms with Gasteiger partial charge in [0, 0.05) is 11.1 Å². The van der Waals surface area contributed by atoms with Gasteiger partial charge in [-0.1, -0.05) is 49.6 Å². The van der Waals surface area contributed by atoms with Crippen molar-refractivity contribution in [2.24, 2.45) is 0 Å². The number of rotatable bonds is 6. The van der Waals surface area contributed by atoms with Crippen LogP contribution in [0.3, 0.4) is 0 Å². The molecule has 1 aliphatic heterocycles. The maximum atomic E-state index is 12.9. The Morgan fingerprint density at radius 2 is 1.82 bits per heavy atom. The summed E-state index contributed by atoms with van der Waals surface area (Å²) in [7, 11) is -1.60. The molecule has 1 aliphatic carbocycles. The van der Waals surface area contributed by atoms with Crippen molar-refractivity contribution in [3.8, 4) is 11.8 Å². The second-order valence-corrected chi connectivity index (χ2v) is 10.6. The SMILES string of the molecule is C[C@]1(COc2ccc(C3CCCCC3)cc2)Cn2cc(S(=O)c3ccccc3)c(=O)nc2O1. The van der Waals surface area contributed by atoms with Gasteiger partial charge in [-0.15, -0.1) is 0 Å². The first kappa shape index (κ1) is 21.9. The van der Waals surface area contributed by atoms with E-state index in [1.807, 2.05) is 25.1 Å². The van der Waals surface area contributed by atoms with Gasteiger partial charge in [0.15, 0.2) is 5.60 Å². The molecule has 2 heterocycles. The van der Waals surface area contributed by atoms with Crippen LogP contribution >= 0.6 is 0 Å². The van der Waals surface area contributed by atoms with Crippen LogP contribution in [0.4, 0.5) is 0 Å². The Morgan fingerprint density at radius 1 is 1.09 bits per heavy atom. The van der Waals surface area contributed by atoms with Crippen molar-refractivity contribution in [1.29, 1.82) is 0 Å². The van der Waals surface area contributed by atoms with E-state index in [0.717, 1.165) is 5.75 Å². The zero-order chi connectivity index (χ0) is 22.8. The van der Waals surface area contributed by atoms with E-state index < -0.39 is 22.0 Å². The number of aromatic nitrogens is 2. The van der Waals surface area contributed by atoms with E-state index in [-0.39, 0.29) is 10.9 Å². The van der Waals surface area contributed by atoms with Crippen LogP contribution in [0.2, 0.25) is 0 Å². The molecule has 2 aromatic carbocycles. The summed E-state index contributed by atoms with van der Waals surface area (Å²) < 4.78 is 26.6. The maximum absolute atomic E-state index is 12.9. The third-order valence-electron chi connectivity index (χ3n) is 6.43. The van der Waals surface area contributed by atoms with Crippen molar-refractivity contribution < 1.29 is 13.7 Å². The Morgan fingerprint density at radius 3 is 2.55 bits per heavy atom. The molecule has 0 saturated heterocycles. The number of ether oxygens (including phenoxy) is 2. The van der Waals surface area contributed by atoms with Crippen molar-refractivity contribution in [3.05, 3.63) is 76.7 Å². The molecule has 1 saturated carbocycles. The monoisotopic (exact) mass is 464 g/mol. The summed E-state index contributed by atoms with van der Waals surface area (Å²) in [4.78, 5) is 17.3. The highest BCUT2D eigenvalue weighted by atomic mass is 32.2. The minimum absolute atomic E-state index is 0.150. The molecular weight excluding hydrogens is 436 g/mol. The van der Waals surface area contributed by atoms with E-state index in [4.69, 9.17) is 9.47 Å². The van der Waals surface area contributed by atoms with Gasteiger partial charge in [-0.2, -0.15) is 4.98 Å². The molecule has 7 heteroatoms. The molecule has 2 atom stereocenters. The fourth-order valence-corrected chi connectivity index (χ4v) is 5.73. The molecule has 0 N–H and O–H groups in total. The molecule has 2 aliphatic rings. The Kier molecular flexibility index (Phi) is 6.06. The van der Waals surface area contributed by atoms with Crippen molar-refractivity contribution in [3.63, 3.8) is 0 Å². The van der Waals surface area contributed by atoms with Gasteiger partial charge in [0.2, 0.25) is 0 Å². The first-order valence-electron chi connectivity index (χ1n) is 11.5. The number of fused-ring (bicyclic) bond motifs is 1. The summed E-state index contributed by atoms with van der Waals surface area (Å²) in [5.41, 5.74) is 0.174. The highest BCUT2D eigenvalue weighted by molar-refractivity contribution is 7.85. The van der Waals surface area contributed by atoms with Gasteiger partial charge in [-0.25, -0.2) is 4.21 Å². The van der Waals surface area contributed by atoms with Gasteiger partial charge >= 0.3 is 6.01 Å². The van der Waals surface area contributed by atoms with E-state index in [0.29, 0.717) is 24.0 Å². The normalized spacial score (nSPS) is 21.2. The standard InChI is InChI=1S/C26H28N2O4S/c1-26(18-31-21-14-12-20(13-15-21)19-8-4-2-5-9-19)17-28-16-23(24(29)27-25(28)32-26)33(30)22-10-6-3-7-11-22/h3,6-7,10-16,19H,2,4-5,8-9,17-18H2,1H3/t26-,33?/m1/s1. The highest BCUT2D eigenvalue weighted by Gasteiger charge is 2.37. The largest absolute Gasteiger partial charge is 0.489 e. The third kappa shape index (κ3) is 4.74. The van der Waals surface area contributed by atoms with Gasteiger partial charge in [0.25, 0.3) is 5.56 Å². The highest BCUT2D eigenvalue weighted by Crippen LogP contribution is 2.34. The van der Waals surface area contributed by atoms with Gasteiger partial charge in [-0.3, -0.25) is 9.36 Å². The Balaban J connectivity index is 1.26. The lowest BCUT2D eigenvalue weighted by Crippen LogP contribution is -2.38. The van der Waals surface area contributed by atoms with Gasteiger partial charge < -0.3 is 9.47 Å². The second kappa shape index (κ2) is 9.14. The summed E-state index contributed by atoms with van der Waals surface area (Å²) >= 11 is 0. The Labute approximate surface area is 196 Å². The predicted molar refractivity (Wildman–Crippen MR) is 126 cm³/mol. The number of hydrogen-bond acceptors (Lipinski definition) is 5. The van der Waals surface area contributed by atoms with Crippen molar-refractivity contribution >= 4 is 10.8 Å². The van der Waals surface area contributed by atoms with E-state index in [1.165, 1.54) is 37.7 Å². The fraction of sp³-hybridized carbons (Fsp3) is 0.385. The van der Waals surface area contributed by atoms with Crippen molar-refractivity contribution in [2.45, 2.75) is 66.9 Å². The molecule has 0 spiro atoms. The fourth-order valence-electron chi connectivity index (χ4n) is 4.65. The molecular formula is C26H28N2O4S. The first-order valence-corrected chi connectivity index (χ1v) is 12.7. The quantitative estimate of drug-likeness (QED) is 0.529. The summed E-state index contributed by atoms with van der Waals surface area (Å²) in [5, 5.41) is 0. The summed E-state index contributed by atoms with van der Waals surface area (Å²) in [6, 6.07) is 17.5. The van der Waals surface area contributed by atoms with Gasteiger partial charge in [-0.05, 0) is 55.5 Å². The van der Waals surface area contributed by atoms with Crippen molar-refractivity contribution in [1.82, 2.24) is 9.55 Å². The molecule has 1 unspecified atom stereocenters. The average molecular weight is 465 g/mol. The van der Waals surface area contributed by atoms with E-state index >= 15 is 0 Å². The van der Waals surface area contributed by atoms with Gasteiger partial charge in [0.1, 0.15) is 17.3 Å². The van der Waals surface area contributed by atoms with E-state index in [1.54, 1.807) is 35.0 Å². The van der Waals surface area contributed by atoms with Crippen LogP contribution in [-0.2, 0) is 17.3 Å².